The first-order chi connectivity index (χ1) is 14.8. The third-order valence-corrected chi connectivity index (χ3v) is 5.82. The van der Waals surface area contributed by atoms with Gasteiger partial charge in [0, 0.05) is 5.56 Å². The van der Waals surface area contributed by atoms with Gasteiger partial charge in [-0.3, -0.25) is 0 Å². The molecular formula is C30H36. The zero-order chi connectivity index (χ0) is 21.6. The van der Waals surface area contributed by atoms with Gasteiger partial charge in [-0.1, -0.05) is 81.0 Å². The number of aryl methyl sites for hydroxylation is 2. The first kappa shape index (κ1) is 23.6. The molecule has 2 aromatic rings. The van der Waals surface area contributed by atoms with E-state index in [0.717, 1.165) is 18.4 Å². The number of rotatable bonds is 7. The van der Waals surface area contributed by atoms with Crippen LogP contribution in [0.15, 0.2) is 60.2 Å². The lowest BCUT2D eigenvalue weighted by molar-refractivity contribution is 0.607. The van der Waals surface area contributed by atoms with Crippen molar-refractivity contribution in [1.29, 1.82) is 0 Å². The summed E-state index contributed by atoms with van der Waals surface area (Å²) in [6, 6.07) is 18.2. The number of unbranched alkanes of at least 4 members (excludes halogenated alkanes) is 2. The van der Waals surface area contributed by atoms with Gasteiger partial charge in [-0.15, -0.1) is 12.8 Å². The van der Waals surface area contributed by atoms with E-state index in [-0.39, 0.29) is 0 Å². The third-order valence-electron chi connectivity index (χ3n) is 5.82. The summed E-state index contributed by atoms with van der Waals surface area (Å²) in [5.41, 5.74) is 6.83. The minimum absolute atomic E-state index is 0.656. The van der Waals surface area contributed by atoms with Crippen LogP contribution in [-0.2, 0) is 12.8 Å². The summed E-state index contributed by atoms with van der Waals surface area (Å²) in [5, 5.41) is 0. The molecule has 0 fully saturated rings. The van der Waals surface area contributed by atoms with Crippen molar-refractivity contribution in [2.24, 2.45) is 0 Å². The molecule has 0 radical (unpaired) electrons. The molecule has 0 bridgehead atoms. The molecule has 0 saturated heterocycles. The molecule has 0 aliphatic heterocycles. The molecule has 30 heavy (non-hydrogen) atoms. The summed E-state index contributed by atoms with van der Waals surface area (Å²) in [4.78, 5) is 0. The van der Waals surface area contributed by atoms with Crippen LogP contribution in [0.2, 0.25) is 0 Å². The van der Waals surface area contributed by atoms with Crippen molar-refractivity contribution in [3.63, 3.8) is 0 Å². The highest BCUT2D eigenvalue weighted by Crippen LogP contribution is 2.32. The van der Waals surface area contributed by atoms with E-state index in [0.29, 0.717) is 5.92 Å². The molecule has 0 saturated carbocycles. The van der Waals surface area contributed by atoms with E-state index in [4.69, 9.17) is 0 Å². The van der Waals surface area contributed by atoms with E-state index in [1.54, 1.807) is 0 Å². The molecule has 0 heteroatoms. The standard InChI is InChI=1S/C28H34.C2H2/c1-3-5-7-23-9-11-25(12-10-23)13-14-26-17-21-28(22-18-26)27-19-15-24(16-20-27)8-6-4-2;1-2/h9-12,15-17,19-20,28H,3-8,18,21-22H2,1-2H3;1-2H. The van der Waals surface area contributed by atoms with Gasteiger partial charge in [0.1, 0.15) is 0 Å². The first-order valence-corrected chi connectivity index (χ1v) is 11.5. The molecule has 0 aromatic heterocycles. The Morgan fingerprint density at radius 3 is 1.87 bits per heavy atom. The van der Waals surface area contributed by atoms with E-state index < -0.39 is 0 Å². The molecule has 1 atom stereocenters. The van der Waals surface area contributed by atoms with E-state index in [1.807, 2.05) is 0 Å². The lowest BCUT2D eigenvalue weighted by Crippen LogP contribution is -2.04. The summed E-state index contributed by atoms with van der Waals surface area (Å²) < 4.78 is 0. The molecule has 1 unspecified atom stereocenters. The van der Waals surface area contributed by atoms with Crippen LogP contribution in [0.1, 0.15) is 87.0 Å². The van der Waals surface area contributed by atoms with Gasteiger partial charge in [-0.2, -0.15) is 0 Å². The fourth-order valence-corrected chi connectivity index (χ4v) is 3.88. The quantitative estimate of drug-likeness (QED) is 0.418. The van der Waals surface area contributed by atoms with Crippen molar-refractivity contribution in [1.82, 2.24) is 0 Å². The van der Waals surface area contributed by atoms with Crippen molar-refractivity contribution in [2.75, 3.05) is 0 Å². The van der Waals surface area contributed by atoms with Gasteiger partial charge in [0.25, 0.3) is 0 Å². The van der Waals surface area contributed by atoms with Crippen molar-refractivity contribution >= 4 is 0 Å². The lowest BCUT2D eigenvalue weighted by Gasteiger charge is -2.20. The molecule has 0 amide bonds. The number of hydrogen-bond donors (Lipinski definition) is 0. The molecule has 0 spiro atoms. The fraction of sp³-hybridized carbons (Fsp3) is 0.400. The Hall–Kier alpha value is -2.70. The maximum Gasteiger partial charge on any atom is 0.0249 e. The topological polar surface area (TPSA) is 0 Å². The molecule has 0 heterocycles. The average molecular weight is 397 g/mol. The van der Waals surface area contributed by atoms with E-state index in [2.05, 4.69) is 93.1 Å². The average Bonchev–Trinajstić information content (AvgIpc) is 2.83. The van der Waals surface area contributed by atoms with Gasteiger partial charge in [-0.05, 0) is 85.3 Å². The Morgan fingerprint density at radius 1 is 0.800 bits per heavy atom. The second-order valence-corrected chi connectivity index (χ2v) is 8.10. The van der Waals surface area contributed by atoms with Crippen LogP contribution in [0.25, 0.3) is 0 Å². The number of benzene rings is 2. The van der Waals surface area contributed by atoms with Crippen molar-refractivity contribution in [3.05, 3.63) is 82.4 Å². The highest BCUT2D eigenvalue weighted by Gasteiger charge is 2.15. The zero-order valence-corrected chi connectivity index (χ0v) is 18.8. The van der Waals surface area contributed by atoms with E-state index >= 15 is 0 Å². The Morgan fingerprint density at radius 2 is 1.37 bits per heavy atom. The lowest BCUT2D eigenvalue weighted by atomic mass is 9.84. The second kappa shape index (κ2) is 13.5. The fourth-order valence-electron chi connectivity index (χ4n) is 3.88. The second-order valence-electron chi connectivity index (χ2n) is 8.10. The van der Waals surface area contributed by atoms with Gasteiger partial charge in [-0.25, -0.2) is 0 Å². The minimum atomic E-state index is 0.656. The van der Waals surface area contributed by atoms with Crippen LogP contribution >= 0.6 is 0 Å². The molecular weight excluding hydrogens is 360 g/mol. The summed E-state index contributed by atoms with van der Waals surface area (Å²) in [5.74, 6) is 7.43. The number of hydrogen-bond acceptors (Lipinski definition) is 0. The van der Waals surface area contributed by atoms with Gasteiger partial charge in [0.05, 0.1) is 0 Å². The first-order valence-electron chi connectivity index (χ1n) is 11.5. The molecule has 1 aliphatic rings. The molecule has 2 aromatic carbocycles. The van der Waals surface area contributed by atoms with Crippen LogP contribution < -0.4 is 0 Å². The maximum atomic E-state index is 4.00. The van der Waals surface area contributed by atoms with Crippen LogP contribution in [0.5, 0.6) is 0 Å². The summed E-state index contributed by atoms with van der Waals surface area (Å²) in [6.45, 7) is 4.50. The summed E-state index contributed by atoms with van der Waals surface area (Å²) in [7, 11) is 0. The van der Waals surface area contributed by atoms with Crippen LogP contribution in [0.3, 0.4) is 0 Å². The van der Waals surface area contributed by atoms with Gasteiger partial charge in [0.15, 0.2) is 0 Å². The summed E-state index contributed by atoms with van der Waals surface area (Å²) in [6.07, 6.45) is 21.2. The Bertz CT molecular complexity index is 850. The van der Waals surface area contributed by atoms with Crippen LogP contribution in [0, 0.1) is 24.7 Å². The van der Waals surface area contributed by atoms with E-state index in [1.165, 1.54) is 67.2 Å². The van der Waals surface area contributed by atoms with Gasteiger partial charge < -0.3 is 0 Å². The third kappa shape index (κ3) is 7.61. The highest BCUT2D eigenvalue weighted by atomic mass is 14.2. The predicted octanol–water partition coefficient (Wildman–Crippen LogP) is 7.87. The molecule has 156 valence electrons. The van der Waals surface area contributed by atoms with Crippen LogP contribution in [-0.4, -0.2) is 0 Å². The minimum Gasteiger partial charge on any atom is -0.124 e. The number of terminal acetylenes is 1. The predicted molar refractivity (Wildman–Crippen MR) is 132 cm³/mol. The van der Waals surface area contributed by atoms with E-state index in [9.17, 15) is 0 Å². The van der Waals surface area contributed by atoms with Crippen molar-refractivity contribution in [2.45, 2.75) is 77.6 Å². The molecule has 0 N–H and O–H groups in total. The molecule has 1 aliphatic carbocycles. The normalized spacial score (nSPS) is 15.2. The molecule has 0 nitrogen and oxygen atoms in total. The summed E-state index contributed by atoms with van der Waals surface area (Å²) >= 11 is 0. The molecule has 3 rings (SSSR count). The van der Waals surface area contributed by atoms with Crippen molar-refractivity contribution in [3.8, 4) is 24.7 Å². The number of allylic oxidation sites excluding steroid dienone is 2. The monoisotopic (exact) mass is 396 g/mol. The SMILES string of the molecule is C#C.CCCCc1ccc(C#CC2=CCC(c3ccc(CCCC)cc3)CC2)cc1. The maximum absolute atomic E-state index is 4.00. The Labute approximate surface area is 184 Å². The highest BCUT2D eigenvalue weighted by molar-refractivity contribution is 5.42. The van der Waals surface area contributed by atoms with Crippen LogP contribution in [0.4, 0.5) is 0 Å². The van der Waals surface area contributed by atoms with Gasteiger partial charge >= 0.3 is 0 Å². The van der Waals surface area contributed by atoms with Crippen molar-refractivity contribution < 1.29 is 0 Å². The Kier molecular flexibility index (Phi) is 10.6. The largest absolute Gasteiger partial charge is 0.124 e. The Balaban J connectivity index is 0.00000155. The smallest absolute Gasteiger partial charge is 0.0249 e. The zero-order valence-electron chi connectivity index (χ0n) is 18.8. The van der Waals surface area contributed by atoms with Gasteiger partial charge in [0.2, 0.25) is 0 Å².